The first-order valence-corrected chi connectivity index (χ1v) is 10.6. The van der Waals surface area contributed by atoms with Crippen molar-refractivity contribution in [2.45, 2.75) is 19.9 Å². The van der Waals surface area contributed by atoms with Crippen molar-refractivity contribution in [2.75, 3.05) is 6.54 Å². The summed E-state index contributed by atoms with van der Waals surface area (Å²) < 4.78 is 0. The maximum atomic E-state index is 12.9. The first kappa shape index (κ1) is 20.1. The average molecular weight is 419 g/mol. The lowest BCUT2D eigenvalue weighted by Crippen LogP contribution is -2.35. The molecule has 152 valence electrons. The molecular weight excluding hydrogens is 396 g/mol. The second-order valence-electron chi connectivity index (χ2n) is 7.28. The van der Waals surface area contributed by atoms with E-state index >= 15 is 0 Å². The fourth-order valence-electron chi connectivity index (χ4n) is 3.76. The Morgan fingerprint density at radius 1 is 1.13 bits per heavy atom. The minimum Gasteiger partial charge on any atom is -0.334 e. The van der Waals surface area contributed by atoms with Crippen LogP contribution in [0.2, 0.25) is 0 Å². The lowest BCUT2D eigenvalue weighted by atomic mass is 9.97. The molecule has 0 bridgehead atoms. The summed E-state index contributed by atoms with van der Waals surface area (Å²) in [5.41, 5.74) is 7.37. The van der Waals surface area contributed by atoms with E-state index in [1.54, 1.807) is 39.9 Å². The fraction of sp³-hybridized carbons (Fsp3) is 0.167. The Kier molecular flexibility index (Phi) is 5.79. The van der Waals surface area contributed by atoms with Gasteiger partial charge >= 0.3 is 0 Å². The van der Waals surface area contributed by atoms with E-state index < -0.39 is 5.91 Å². The summed E-state index contributed by atoms with van der Waals surface area (Å²) >= 11 is 1.68. The van der Waals surface area contributed by atoms with Crippen LogP contribution < -0.4 is 5.48 Å². The molecule has 0 spiro atoms. The molecule has 1 aliphatic heterocycles. The third kappa shape index (κ3) is 4.06. The van der Waals surface area contributed by atoms with Crippen LogP contribution in [0.15, 0.2) is 60.0 Å². The summed E-state index contributed by atoms with van der Waals surface area (Å²) in [6, 6.07) is 15.6. The number of fused-ring (bicyclic) bond motifs is 1. The van der Waals surface area contributed by atoms with Crippen molar-refractivity contribution in [3.05, 3.63) is 87.8 Å². The summed E-state index contributed by atoms with van der Waals surface area (Å²) in [5, 5.41) is 10.9. The number of thiophene rings is 1. The Hall–Kier alpha value is -3.22. The van der Waals surface area contributed by atoms with Crippen LogP contribution in [0.25, 0.3) is 16.5 Å². The highest BCUT2D eigenvalue weighted by Crippen LogP contribution is 2.31. The van der Waals surface area contributed by atoms with Gasteiger partial charge in [-0.2, -0.15) is 0 Å². The van der Waals surface area contributed by atoms with E-state index in [4.69, 9.17) is 5.21 Å². The number of hydrogen-bond donors (Lipinski definition) is 2. The van der Waals surface area contributed by atoms with Crippen LogP contribution in [0.5, 0.6) is 0 Å². The van der Waals surface area contributed by atoms with Gasteiger partial charge in [-0.25, -0.2) is 5.48 Å². The Morgan fingerprint density at radius 3 is 2.77 bits per heavy atom. The van der Waals surface area contributed by atoms with Gasteiger partial charge in [0.1, 0.15) is 0 Å². The first-order chi connectivity index (χ1) is 14.6. The molecule has 3 aromatic rings. The Bertz CT molecular complexity index is 1120. The van der Waals surface area contributed by atoms with Gasteiger partial charge in [-0.15, -0.1) is 11.3 Å². The van der Waals surface area contributed by atoms with Crippen LogP contribution >= 0.6 is 11.3 Å². The Balaban J connectivity index is 1.55. The molecule has 0 unspecified atom stereocenters. The van der Waals surface area contributed by atoms with E-state index in [1.807, 2.05) is 42.6 Å². The zero-order valence-corrected chi connectivity index (χ0v) is 17.4. The molecule has 1 aliphatic rings. The minimum atomic E-state index is -0.554. The van der Waals surface area contributed by atoms with E-state index in [9.17, 15) is 9.59 Å². The van der Waals surface area contributed by atoms with E-state index in [1.165, 1.54) is 4.88 Å². The second-order valence-corrected chi connectivity index (χ2v) is 8.23. The molecule has 2 heterocycles. The number of amides is 2. The highest BCUT2D eigenvalue weighted by molar-refractivity contribution is 7.13. The lowest BCUT2D eigenvalue weighted by molar-refractivity contribution is -0.126. The number of carbonyl (C=O) groups is 2. The van der Waals surface area contributed by atoms with Crippen molar-refractivity contribution >= 4 is 29.2 Å². The number of hydroxylamine groups is 1. The summed E-state index contributed by atoms with van der Waals surface area (Å²) in [6.45, 7) is 3.12. The van der Waals surface area contributed by atoms with Crippen LogP contribution in [0.4, 0.5) is 0 Å². The molecule has 4 rings (SSSR count). The van der Waals surface area contributed by atoms with Crippen LogP contribution in [-0.4, -0.2) is 28.5 Å². The summed E-state index contributed by atoms with van der Waals surface area (Å²) in [4.78, 5) is 27.5. The van der Waals surface area contributed by atoms with Gasteiger partial charge in [0.2, 0.25) is 5.91 Å². The van der Waals surface area contributed by atoms with Crippen LogP contribution in [-0.2, 0) is 17.8 Å². The maximum absolute atomic E-state index is 12.9. The molecule has 30 heavy (non-hydrogen) atoms. The number of hydrogen-bond acceptors (Lipinski definition) is 4. The molecule has 2 aromatic carbocycles. The zero-order valence-electron chi connectivity index (χ0n) is 16.6. The lowest BCUT2D eigenvalue weighted by Gasteiger charge is -2.28. The molecule has 0 saturated carbocycles. The van der Waals surface area contributed by atoms with Crippen LogP contribution in [0, 0.1) is 6.92 Å². The van der Waals surface area contributed by atoms with Gasteiger partial charge in [-0.05, 0) is 70.8 Å². The molecule has 0 radical (unpaired) electrons. The predicted octanol–water partition coefficient (Wildman–Crippen LogP) is 4.44. The number of nitrogens with zero attached hydrogens (tertiary/aromatic N) is 1. The highest BCUT2D eigenvalue weighted by atomic mass is 32.1. The van der Waals surface area contributed by atoms with Gasteiger partial charge in [0.05, 0.1) is 0 Å². The van der Waals surface area contributed by atoms with Crippen molar-refractivity contribution in [2.24, 2.45) is 0 Å². The van der Waals surface area contributed by atoms with E-state index in [2.05, 4.69) is 12.1 Å². The largest absolute Gasteiger partial charge is 0.334 e. The second kappa shape index (κ2) is 8.65. The van der Waals surface area contributed by atoms with E-state index in [-0.39, 0.29) is 5.91 Å². The normalized spacial score (nSPS) is 13.3. The van der Waals surface area contributed by atoms with Gasteiger partial charge in [0, 0.05) is 29.6 Å². The molecule has 5 nitrogen and oxygen atoms in total. The molecule has 2 N–H and O–H groups in total. The molecule has 6 heteroatoms. The number of benzene rings is 2. The van der Waals surface area contributed by atoms with Crippen molar-refractivity contribution in [1.82, 2.24) is 10.4 Å². The monoisotopic (exact) mass is 418 g/mol. The standard InChI is InChI=1S/C24H22N2O3S/c1-16-4-2-5-21(22-6-3-13-30-22)20(16)9-10-23(27)26-12-11-17-7-8-18(24(28)25-29)14-19(17)15-26/h2-10,13-14,29H,11-12,15H2,1H3,(H,25,28). The molecule has 2 amide bonds. The topological polar surface area (TPSA) is 69.6 Å². The molecule has 0 atom stereocenters. The van der Waals surface area contributed by atoms with Crippen molar-refractivity contribution in [3.8, 4) is 10.4 Å². The predicted molar refractivity (Wildman–Crippen MR) is 118 cm³/mol. The minimum absolute atomic E-state index is 0.0574. The Labute approximate surface area is 179 Å². The first-order valence-electron chi connectivity index (χ1n) is 9.73. The summed E-state index contributed by atoms with van der Waals surface area (Å²) in [7, 11) is 0. The average Bonchev–Trinajstić information content (AvgIpc) is 3.31. The SMILES string of the molecule is Cc1cccc(-c2cccs2)c1C=CC(=O)N1CCc2ccc(C(=O)NO)cc2C1. The molecule has 0 saturated heterocycles. The summed E-state index contributed by atoms with van der Waals surface area (Å²) in [6.07, 6.45) is 4.27. The zero-order chi connectivity index (χ0) is 21.1. The number of aryl methyl sites for hydroxylation is 1. The third-order valence-corrected chi connectivity index (χ3v) is 6.30. The Morgan fingerprint density at radius 2 is 2.00 bits per heavy atom. The van der Waals surface area contributed by atoms with Gasteiger partial charge in [0.25, 0.3) is 5.91 Å². The molecule has 1 aromatic heterocycles. The van der Waals surface area contributed by atoms with Gasteiger partial charge in [-0.3, -0.25) is 14.8 Å². The fourth-order valence-corrected chi connectivity index (χ4v) is 4.53. The van der Waals surface area contributed by atoms with E-state index in [0.29, 0.717) is 18.7 Å². The molecular formula is C24H22N2O3S. The maximum Gasteiger partial charge on any atom is 0.274 e. The van der Waals surface area contributed by atoms with Crippen LogP contribution in [0.3, 0.4) is 0 Å². The molecule has 0 fully saturated rings. The summed E-state index contributed by atoms with van der Waals surface area (Å²) in [5.74, 6) is -0.611. The highest BCUT2D eigenvalue weighted by Gasteiger charge is 2.20. The third-order valence-electron chi connectivity index (χ3n) is 5.40. The van der Waals surface area contributed by atoms with Gasteiger partial charge in [-0.1, -0.05) is 30.3 Å². The van der Waals surface area contributed by atoms with Gasteiger partial charge < -0.3 is 4.90 Å². The van der Waals surface area contributed by atoms with Gasteiger partial charge in [0.15, 0.2) is 0 Å². The number of carbonyl (C=O) groups excluding carboxylic acids is 2. The van der Waals surface area contributed by atoms with E-state index in [0.717, 1.165) is 34.2 Å². The smallest absolute Gasteiger partial charge is 0.274 e. The quantitative estimate of drug-likeness (QED) is 0.374. The van der Waals surface area contributed by atoms with Crippen molar-refractivity contribution < 1.29 is 14.8 Å². The van der Waals surface area contributed by atoms with Crippen molar-refractivity contribution in [3.63, 3.8) is 0 Å². The van der Waals surface area contributed by atoms with Crippen molar-refractivity contribution in [1.29, 1.82) is 0 Å². The number of nitrogens with one attached hydrogen (secondary N) is 1. The molecule has 0 aliphatic carbocycles. The van der Waals surface area contributed by atoms with Crippen LogP contribution in [0.1, 0.15) is 32.6 Å². The number of rotatable bonds is 4.